The zero-order valence-electron chi connectivity index (χ0n) is 12.7. The molecule has 0 aromatic rings. The predicted molar refractivity (Wildman–Crippen MR) is 70.8 cm³/mol. The van der Waals surface area contributed by atoms with E-state index in [1.165, 1.54) is 0 Å². The minimum atomic E-state index is -2.61. The van der Waals surface area contributed by atoms with E-state index in [9.17, 15) is 29.1 Å². The molecule has 0 saturated heterocycles. The third kappa shape index (κ3) is 7.31. The number of carboxylic acids is 2. The van der Waals surface area contributed by atoms with Gasteiger partial charge in [0.25, 0.3) is 0 Å². The minimum Gasteiger partial charge on any atom is -0.547 e. The Morgan fingerprint density at radius 3 is 1.73 bits per heavy atom. The van der Waals surface area contributed by atoms with Crippen molar-refractivity contribution in [3.8, 4) is 0 Å². The van der Waals surface area contributed by atoms with Gasteiger partial charge in [-0.3, -0.25) is 10.2 Å². The van der Waals surface area contributed by atoms with Crippen LogP contribution in [0.3, 0.4) is 0 Å². The van der Waals surface area contributed by atoms with Gasteiger partial charge in [-0.2, -0.15) is 0 Å². The Bertz CT molecular complexity index is 548. The molecule has 0 aliphatic heterocycles. The topological polar surface area (TPSA) is 252 Å². The highest BCUT2D eigenvalue weighted by molar-refractivity contribution is 5.94. The molecular formula is C12H14NO13-. The summed E-state index contributed by atoms with van der Waals surface area (Å²) in [4.78, 5) is 54.2. The summed E-state index contributed by atoms with van der Waals surface area (Å²) in [6.07, 6.45) is -11.7. The quantitative estimate of drug-likeness (QED) is 0.0946. The Morgan fingerprint density at radius 2 is 1.27 bits per heavy atom. The van der Waals surface area contributed by atoms with Gasteiger partial charge < -0.3 is 44.9 Å². The van der Waals surface area contributed by atoms with Crippen LogP contribution in [0.4, 0.5) is 0 Å². The van der Waals surface area contributed by atoms with Gasteiger partial charge in [0.1, 0.15) is 6.10 Å². The van der Waals surface area contributed by atoms with Crippen molar-refractivity contribution in [2.75, 3.05) is 0 Å². The molecule has 6 N–H and O–H groups in total. The number of esters is 3. The number of carbonyl (C=O) groups is 5. The van der Waals surface area contributed by atoms with Crippen LogP contribution < -0.4 is 5.11 Å². The van der Waals surface area contributed by atoms with Crippen LogP contribution in [0.5, 0.6) is 0 Å². The van der Waals surface area contributed by atoms with E-state index >= 15 is 0 Å². The van der Waals surface area contributed by atoms with Gasteiger partial charge in [-0.05, 0) is 0 Å². The van der Waals surface area contributed by atoms with Gasteiger partial charge in [0, 0.05) is 6.42 Å². The first-order chi connectivity index (χ1) is 11.9. The van der Waals surface area contributed by atoms with Crippen LogP contribution in [0.15, 0.2) is 0 Å². The van der Waals surface area contributed by atoms with Crippen molar-refractivity contribution < 1.29 is 64.1 Å². The summed E-state index contributed by atoms with van der Waals surface area (Å²) < 4.78 is 8.13. The fourth-order valence-corrected chi connectivity index (χ4v) is 1.19. The Labute approximate surface area is 143 Å². The van der Waals surface area contributed by atoms with Gasteiger partial charge in [0.2, 0.25) is 0 Å². The number of aliphatic carboxylic acids is 2. The fraction of sp³-hybridized carbons (Fsp3) is 0.500. The molecule has 0 aliphatic rings. The third-order valence-corrected chi connectivity index (χ3v) is 2.57. The highest BCUT2D eigenvalue weighted by Gasteiger charge is 2.33. The van der Waals surface area contributed by atoms with Crippen molar-refractivity contribution >= 4 is 35.7 Å². The molecular weight excluding hydrogens is 366 g/mol. The molecule has 0 fully saturated rings. The minimum absolute atomic E-state index is 0.691. The fourth-order valence-electron chi connectivity index (χ4n) is 1.19. The lowest BCUT2D eigenvalue weighted by atomic mass is 10.2. The molecule has 146 valence electrons. The van der Waals surface area contributed by atoms with Gasteiger partial charge in [-0.25, -0.2) is 14.4 Å². The number of aliphatic hydroxyl groups excluding tert-OH is 4. The van der Waals surface area contributed by atoms with E-state index in [-0.39, 0.29) is 0 Å². The standard InChI is InChI=1S/C12H15NO13/c13-3(25-11(23)7(17)5(15)9(19)20)1-2-4(14)26-12(24)8(18)6(16)10(21)22/h5-8,13,15-18H,1-2H2,(H,19,20)(H,21,22)/p-1. The maximum Gasteiger partial charge on any atom is 0.346 e. The zero-order valence-corrected chi connectivity index (χ0v) is 12.7. The number of rotatable bonds is 9. The Balaban J connectivity index is 4.41. The van der Waals surface area contributed by atoms with E-state index in [0.29, 0.717) is 0 Å². The van der Waals surface area contributed by atoms with Crippen LogP contribution in [-0.4, -0.2) is 85.7 Å². The second-order valence-corrected chi connectivity index (χ2v) is 4.57. The van der Waals surface area contributed by atoms with Gasteiger partial charge in [0.05, 0.1) is 12.4 Å². The third-order valence-electron chi connectivity index (χ3n) is 2.57. The molecule has 0 spiro atoms. The second-order valence-electron chi connectivity index (χ2n) is 4.57. The van der Waals surface area contributed by atoms with Crippen molar-refractivity contribution in [2.24, 2.45) is 0 Å². The number of aliphatic hydroxyl groups is 4. The lowest BCUT2D eigenvalue weighted by molar-refractivity contribution is -0.318. The molecule has 0 saturated carbocycles. The summed E-state index contributed by atoms with van der Waals surface area (Å²) in [5.41, 5.74) is 0. The lowest BCUT2D eigenvalue weighted by Gasteiger charge is -2.17. The van der Waals surface area contributed by atoms with Crippen molar-refractivity contribution in [1.29, 1.82) is 5.41 Å². The lowest BCUT2D eigenvalue weighted by Crippen LogP contribution is -2.47. The van der Waals surface area contributed by atoms with Crippen molar-refractivity contribution in [3.63, 3.8) is 0 Å². The summed E-state index contributed by atoms with van der Waals surface area (Å²) in [5.74, 6) is -9.99. The molecule has 0 aromatic carbocycles. The molecule has 0 aliphatic carbocycles. The highest BCUT2D eigenvalue weighted by atomic mass is 16.6. The van der Waals surface area contributed by atoms with Gasteiger partial charge >= 0.3 is 23.9 Å². The Hall–Kier alpha value is -2.94. The number of carbonyl (C=O) groups excluding carboxylic acids is 4. The normalized spacial score (nSPS) is 15.1. The average Bonchev–Trinajstić information content (AvgIpc) is 2.56. The monoisotopic (exact) mass is 380 g/mol. The molecule has 0 radical (unpaired) electrons. The smallest absolute Gasteiger partial charge is 0.346 e. The molecule has 14 nitrogen and oxygen atoms in total. The summed E-state index contributed by atoms with van der Waals surface area (Å²) in [6, 6.07) is 0. The molecule has 4 unspecified atom stereocenters. The number of nitrogens with one attached hydrogen (secondary N) is 1. The molecule has 26 heavy (non-hydrogen) atoms. The number of carboxylic acid groups (broad SMARTS) is 2. The zero-order chi connectivity index (χ0) is 20.6. The summed E-state index contributed by atoms with van der Waals surface area (Å²) in [6.45, 7) is 0. The van der Waals surface area contributed by atoms with E-state index in [4.69, 9.17) is 30.9 Å². The molecule has 0 bridgehead atoms. The van der Waals surface area contributed by atoms with Crippen LogP contribution in [0.2, 0.25) is 0 Å². The van der Waals surface area contributed by atoms with Crippen LogP contribution in [0, 0.1) is 5.41 Å². The SMILES string of the molecule is N=C(CCC(=O)OC(=O)C(O)C(O)C(=O)O)OC(=O)C(O)C(O)C(=O)[O-]. The number of hydrogen-bond donors (Lipinski definition) is 6. The predicted octanol–water partition coefficient (Wildman–Crippen LogP) is -5.37. The van der Waals surface area contributed by atoms with Crippen molar-refractivity contribution in [2.45, 2.75) is 37.3 Å². The van der Waals surface area contributed by atoms with Crippen LogP contribution in [-0.2, 0) is 33.4 Å². The van der Waals surface area contributed by atoms with E-state index < -0.39 is 73.0 Å². The summed E-state index contributed by atoms with van der Waals surface area (Å²) in [5, 5.41) is 61.7. The number of hydrogen-bond acceptors (Lipinski definition) is 13. The largest absolute Gasteiger partial charge is 0.547 e. The van der Waals surface area contributed by atoms with Crippen LogP contribution >= 0.6 is 0 Å². The first-order valence-corrected chi connectivity index (χ1v) is 6.58. The second kappa shape index (κ2) is 10.1. The maximum atomic E-state index is 11.3. The Morgan fingerprint density at radius 1 is 0.808 bits per heavy atom. The highest BCUT2D eigenvalue weighted by Crippen LogP contribution is 2.03. The van der Waals surface area contributed by atoms with Crippen molar-refractivity contribution in [1.82, 2.24) is 0 Å². The molecule has 0 aromatic heterocycles. The van der Waals surface area contributed by atoms with E-state index in [1.807, 2.05) is 0 Å². The molecule has 0 amide bonds. The van der Waals surface area contributed by atoms with E-state index in [1.54, 1.807) is 0 Å². The maximum absolute atomic E-state index is 11.3. The number of ether oxygens (including phenoxy) is 2. The molecule has 4 atom stereocenters. The molecule has 0 rings (SSSR count). The van der Waals surface area contributed by atoms with Gasteiger partial charge in [0.15, 0.2) is 24.2 Å². The summed E-state index contributed by atoms with van der Waals surface area (Å²) in [7, 11) is 0. The average molecular weight is 380 g/mol. The van der Waals surface area contributed by atoms with Crippen LogP contribution in [0.25, 0.3) is 0 Å². The first kappa shape index (κ1) is 23.1. The van der Waals surface area contributed by atoms with Crippen molar-refractivity contribution in [3.05, 3.63) is 0 Å². The van der Waals surface area contributed by atoms with Crippen LogP contribution in [0.1, 0.15) is 12.8 Å². The van der Waals surface area contributed by atoms with Gasteiger partial charge in [-0.1, -0.05) is 0 Å². The molecule has 0 heterocycles. The Kier molecular flexibility index (Phi) is 9.00. The van der Waals surface area contributed by atoms with E-state index in [2.05, 4.69) is 9.47 Å². The molecule has 14 heteroatoms. The summed E-state index contributed by atoms with van der Waals surface area (Å²) >= 11 is 0. The van der Waals surface area contributed by atoms with E-state index in [0.717, 1.165) is 0 Å². The first-order valence-electron chi connectivity index (χ1n) is 6.58. The van der Waals surface area contributed by atoms with Gasteiger partial charge in [-0.15, -0.1) is 0 Å².